The molecule has 38 heavy (non-hydrogen) atoms. The fourth-order valence-corrected chi connectivity index (χ4v) is 4.91. The number of quaternary nitrogens is 1. The fraction of sp³-hybridized carbons (Fsp3) is 0.618. The normalized spacial score (nSPS) is 12.3. The zero-order chi connectivity index (χ0) is 27.5. The van der Waals surface area contributed by atoms with Crippen LogP contribution in [-0.2, 0) is 22.5 Å². The Labute approximate surface area is 233 Å². The van der Waals surface area contributed by atoms with E-state index in [9.17, 15) is 4.79 Å². The average Bonchev–Trinajstić information content (AvgIpc) is 2.90. The van der Waals surface area contributed by atoms with Crippen molar-refractivity contribution in [2.75, 3.05) is 27.2 Å². The van der Waals surface area contributed by atoms with Crippen molar-refractivity contribution in [2.45, 2.75) is 110 Å². The number of carbonyl (C=O) groups excluding carboxylic acids is 1. The average molecular weight is 525 g/mol. The third kappa shape index (κ3) is 14.6. The lowest BCUT2D eigenvalue weighted by Gasteiger charge is -2.29. The van der Waals surface area contributed by atoms with Crippen LogP contribution < -0.4 is 4.74 Å². The van der Waals surface area contributed by atoms with Crippen LogP contribution in [0.4, 0.5) is 0 Å². The van der Waals surface area contributed by atoms with Crippen molar-refractivity contribution >= 4 is 5.97 Å². The molecular formula is C34H54NO3+. The molecule has 0 aliphatic rings. The van der Waals surface area contributed by atoms with Gasteiger partial charge in [-0.2, -0.15) is 0 Å². The van der Waals surface area contributed by atoms with Gasteiger partial charge in [0.1, 0.15) is 25.0 Å². The van der Waals surface area contributed by atoms with Crippen LogP contribution in [0.15, 0.2) is 54.6 Å². The van der Waals surface area contributed by atoms with Gasteiger partial charge in [-0.25, -0.2) is 0 Å². The van der Waals surface area contributed by atoms with Crippen LogP contribution in [0.25, 0.3) is 0 Å². The second kappa shape index (κ2) is 18.8. The summed E-state index contributed by atoms with van der Waals surface area (Å²) >= 11 is 0. The fourth-order valence-electron chi connectivity index (χ4n) is 4.91. The van der Waals surface area contributed by atoms with Crippen molar-refractivity contribution < 1.29 is 18.8 Å². The zero-order valence-electron chi connectivity index (χ0n) is 24.8. The van der Waals surface area contributed by atoms with Crippen molar-refractivity contribution in [3.63, 3.8) is 0 Å². The molecule has 0 saturated carbocycles. The number of benzene rings is 2. The summed E-state index contributed by atoms with van der Waals surface area (Å²) in [6.45, 7) is 6.55. The summed E-state index contributed by atoms with van der Waals surface area (Å²) in [4.78, 5) is 12.4. The number of nitrogens with zero attached hydrogens (tertiary/aromatic N) is 1. The topological polar surface area (TPSA) is 35.5 Å². The molecule has 4 heteroatoms. The molecule has 212 valence electrons. The molecule has 0 fully saturated rings. The van der Waals surface area contributed by atoms with E-state index in [1.807, 2.05) is 12.1 Å². The van der Waals surface area contributed by atoms with E-state index >= 15 is 0 Å². The van der Waals surface area contributed by atoms with Crippen molar-refractivity contribution in [1.29, 1.82) is 0 Å². The molecular weight excluding hydrogens is 470 g/mol. The van der Waals surface area contributed by atoms with E-state index < -0.39 is 0 Å². The second-order valence-electron chi connectivity index (χ2n) is 11.5. The SMILES string of the molecule is CCCCCCCCCCCc1cccc(OC(CC)COC(=O)CCC[N+](C)(C)Cc2ccccc2)c1. The minimum absolute atomic E-state index is 0.118. The number of esters is 1. The predicted molar refractivity (Wildman–Crippen MR) is 159 cm³/mol. The summed E-state index contributed by atoms with van der Waals surface area (Å²) in [6.07, 6.45) is 15.2. The van der Waals surface area contributed by atoms with Gasteiger partial charge in [0.25, 0.3) is 0 Å². The maximum absolute atomic E-state index is 12.4. The maximum atomic E-state index is 12.4. The van der Waals surface area contributed by atoms with Crippen molar-refractivity contribution in [3.8, 4) is 5.75 Å². The molecule has 0 radical (unpaired) electrons. The Morgan fingerprint density at radius 1 is 0.789 bits per heavy atom. The molecule has 0 aliphatic carbocycles. The highest BCUT2D eigenvalue weighted by Crippen LogP contribution is 2.19. The van der Waals surface area contributed by atoms with Gasteiger partial charge in [0.15, 0.2) is 0 Å². The Bertz CT molecular complexity index is 880. The second-order valence-corrected chi connectivity index (χ2v) is 11.5. The number of carbonyl (C=O) groups is 1. The van der Waals surface area contributed by atoms with E-state index in [2.05, 4.69) is 70.4 Å². The Morgan fingerprint density at radius 2 is 1.45 bits per heavy atom. The van der Waals surface area contributed by atoms with Gasteiger partial charge in [-0.05, 0) is 37.0 Å². The number of ether oxygens (including phenoxy) is 2. The van der Waals surface area contributed by atoms with Gasteiger partial charge >= 0.3 is 5.97 Å². The lowest BCUT2D eigenvalue weighted by Crippen LogP contribution is -2.39. The van der Waals surface area contributed by atoms with Crippen LogP contribution in [0.3, 0.4) is 0 Å². The summed E-state index contributed by atoms with van der Waals surface area (Å²) in [5.74, 6) is 0.743. The molecule has 1 atom stereocenters. The van der Waals surface area contributed by atoms with E-state index in [1.54, 1.807) is 0 Å². The van der Waals surface area contributed by atoms with E-state index in [1.165, 1.54) is 68.9 Å². The van der Waals surface area contributed by atoms with E-state index in [-0.39, 0.29) is 12.1 Å². The minimum atomic E-state index is -0.133. The van der Waals surface area contributed by atoms with Crippen LogP contribution in [0.5, 0.6) is 5.75 Å². The number of hydrogen-bond donors (Lipinski definition) is 0. The van der Waals surface area contributed by atoms with Gasteiger partial charge in [0.2, 0.25) is 0 Å². The Kier molecular flexibility index (Phi) is 15.8. The summed E-state index contributed by atoms with van der Waals surface area (Å²) in [6, 6.07) is 18.9. The Morgan fingerprint density at radius 3 is 2.13 bits per heavy atom. The number of aryl methyl sites for hydroxylation is 1. The molecule has 0 bridgehead atoms. The summed E-state index contributed by atoms with van der Waals surface area (Å²) < 4.78 is 12.6. The first-order valence-corrected chi connectivity index (χ1v) is 15.2. The van der Waals surface area contributed by atoms with Crippen molar-refractivity contribution in [1.82, 2.24) is 0 Å². The molecule has 2 rings (SSSR count). The van der Waals surface area contributed by atoms with Crippen molar-refractivity contribution in [3.05, 3.63) is 65.7 Å². The van der Waals surface area contributed by atoms with E-state index in [4.69, 9.17) is 9.47 Å². The third-order valence-electron chi connectivity index (χ3n) is 7.25. The quantitative estimate of drug-likeness (QED) is 0.0932. The van der Waals surface area contributed by atoms with Gasteiger partial charge in [-0.1, -0.05) is 108 Å². The van der Waals surface area contributed by atoms with Crippen LogP contribution in [0.2, 0.25) is 0 Å². The molecule has 2 aromatic carbocycles. The first-order chi connectivity index (χ1) is 18.4. The lowest BCUT2D eigenvalue weighted by atomic mass is 10.0. The Balaban J connectivity index is 1.63. The number of unbranched alkanes of at least 4 members (excludes halogenated alkanes) is 8. The van der Waals surface area contributed by atoms with Crippen LogP contribution in [0, 0.1) is 0 Å². The Hall–Kier alpha value is -2.33. The molecule has 0 aliphatic heterocycles. The van der Waals surface area contributed by atoms with Crippen molar-refractivity contribution in [2.24, 2.45) is 0 Å². The number of rotatable bonds is 21. The smallest absolute Gasteiger partial charge is 0.306 e. The highest BCUT2D eigenvalue weighted by atomic mass is 16.6. The predicted octanol–water partition coefficient (Wildman–Crippen LogP) is 8.52. The maximum Gasteiger partial charge on any atom is 0.306 e. The van der Waals surface area contributed by atoms with Gasteiger partial charge in [-0.15, -0.1) is 0 Å². The summed E-state index contributed by atoms with van der Waals surface area (Å²) in [5.41, 5.74) is 2.65. The first-order valence-electron chi connectivity index (χ1n) is 15.2. The minimum Gasteiger partial charge on any atom is -0.487 e. The molecule has 0 spiro atoms. The molecule has 1 unspecified atom stereocenters. The van der Waals surface area contributed by atoms with Gasteiger partial charge in [0.05, 0.1) is 27.1 Å². The largest absolute Gasteiger partial charge is 0.487 e. The first kappa shape index (κ1) is 31.9. The van der Waals surface area contributed by atoms with Crippen LogP contribution in [-0.4, -0.2) is 43.8 Å². The lowest BCUT2D eigenvalue weighted by molar-refractivity contribution is -0.903. The van der Waals surface area contributed by atoms with Crippen LogP contribution >= 0.6 is 0 Å². The zero-order valence-corrected chi connectivity index (χ0v) is 24.8. The highest BCUT2D eigenvalue weighted by Gasteiger charge is 2.18. The van der Waals surface area contributed by atoms with Gasteiger partial charge in [0, 0.05) is 12.0 Å². The third-order valence-corrected chi connectivity index (χ3v) is 7.25. The molecule has 4 nitrogen and oxygen atoms in total. The van der Waals surface area contributed by atoms with E-state index in [0.29, 0.717) is 13.0 Å². The van der Waals surface area contributed by atoms with Gasteiger partial charge in [-0.3, -0.25) is 4.79 Å². The number of hydrogen-bond acceptors (Lipinski definition) is 3. The van der Waals surface area contributed by atoms with E-state index in [0.717, 1.165) is 42.6 Å². The highest BCUT2D eigenvalue weighted by molar-refractivity contribution is 5.69. The standard InChI is InChI=1S/C34H54NO3/c1-5-7-8-9-10-11-12-13-15-20-30-23-18-24-33(27-30)38-32(6-2)29-37-34(36)25-19-26-35(3,4)28-31-21-16-14-17-22-31/h14,16-18,21-24,27,32H,5-13,15,19-20,25-26,28-29H2,1-4H3/q+1. The molecule has 0 N–H and O–H groups in total. The van der Waals surface area contributed by atoms with Gasteiger partial charge < -0.3 is 14.0 Å². The molecule has 0 heterocycles. The molecule has 2 aromatic rings. The molecule has 0 aromatic heterocycles. The van der Waals surface area contributed by atoms with Crippen LogP contribution in [0.1, 0.15) is 102 Å². The summed E-state index contributed by atoms with van der Waals surface area (Å²) in [7, 11) is 4.42. The molecule has 0 saturated heterocycles. The monoisotopic (exact) mass is 524 g/mol. The molecule has 0 amide bonds. The summed E-state index contributed by atoms with van der Waals surface area (Å²) in [5, 5.41) is 0.